The fraction of sp³-hybridized carbons (Fsp3) is 0.615. The number of carbonyl (C=O) groups excluding carboxylic acids is 1. The minimum Gasteiger partial charge on any atom is -0.445 e. The molecular formula is C13H19NO3. The summed E-state index contributed by atoms with van der Waals surface area (Å²) in [4.78, 5) is 13.8. The first-order chi connectivity index (χ1) is 8.08. The number of furan rings is 1. The Morgan fingerprint density at radius 3 is 2.53 bits per heavy atom. The van der Waals surface area contributed by atoms with Crippen LogP contribution in [0.4, 0.5) is 5.88 Å². The SMILES string of the molecule is Cc1ccc(N(C)C(=O)C2CCC(O)CC2)o1. The van der Waals surface area contributed by atoms with Crippen LogP contribution >= 0.6 is 0 Å². The van der Waals surface area contributed by atoms with Gasteiger partial charge in [0.2, 0.25) is 11.8 Å². The van der Waals surface area contributed by atoms with Gasteiger partial charge < -0.3 is 9.52 Å². The lowest BCUT2D eigenvalue weighted by atomic mass is 9.86. The predicted octanol–water partition coefficient (Wildman–Crippen LogP) is 2.10. The third kappa shape index (κ3) is 2.69. The van der Waals surface area contributed by atoms with Crippen molar-refractivity contribution in [2.75, 3.05) is 11.9 Å². The van der Waals surface area contributed by atoms with Gasteiger partial charge in [-0.05, 0) is 38.7 Å². The zero-order valence-corrected chi connectivity index (χ0v) is 10.3. The number of hydrogen-bond donors (Lipinski definition) is 1. The third-order valence-corrected chi connectivity index (χ3v) is 3.43. The second-order valence-electron chi connectivity index (χ2n) is 4.79. The number of aliphatic hydroxyl groups excluding tert-OH is 1. The van der Waals surface area contributed by atoms with Crippen molar-refractivity contribution in [2.24, 2.45) is 5.92 Å². The summed E-state index contributed by atoms with van der Waals surface area (Å²) in [5.74, 6) is 1.51. The number of carbonyl (C=O) groups is 1. The number of anilines is 1. The number of amides is 1. The molecule has 0 bridgehead atoms. The molecule has 17 heavy (non-hydrogen) atoms. The van der Waals surface area contributed by atoms with Gasteiger partial charge in [-0.3, -0.25) is 9.69 Å². The standard InChI is InChI=1S/C13H19NO3/c1-9-3-8-12(17-9)14(2)13(16)10-4-6-11(15)7-5-10/h3,8,10-11,15H,4-7H2,1-2H3. The normalized spacial score (nSPS) is 24.6. The van der Waals surface area contributed by atoms with E-state index < -0.39 is 0 Å². The van der Waals surface area contributed by atoms with Crippen LogP contribution in [0.3, 0.4) is 0 Å². The molecule has 1 aromatic rings. The number of aryl methyl sites for hydroxylation is 1. The van der Waals surface area contributed by atoms with Gasteiger partial charge in [-0.25, -0.2) is 0 Å². The molecule has 1 aromatic heterocycles. The lowest BCUT2D eigenvalue weighted by Gasteiger charge is -2.27. The van der Waals surface area contributed by atoms with E-state index in [2.05, 4.69) is 0 Å². The smallest absolute Gasteiger partial charge is 0.232 e. The lowest BCUT2D eigenvalue weighted by Crippen LogP contribution is -2.35. The third-order valence-electron chi connectivity index (χ3n) is 3.43. The van der Waals surface area contributed by atoms with Gasteiger partial charge in [-0.1, -0.05) is 0 Å². The van der Waals surface area contributed by atoms with E-state index in [9.17, 15) is 9.90 Å². The molecule has 1 heterocycles. The first kappa shape index (κ1) is 12.2. The van der Waals surface area contributed by atoms with Crippen molar-refractivity contribution in [1.82, 2.24) is 0 Å². The summed E-state index contributed by atoms with van der Waals surface area (Å²) >= 11 is 0. The average molecular weight is 237 g/mol. The molecule has 1 fully saturated rings. The van der Waals surface area contributed by atoms with Crippen molar-refractivity contribution in [1.29, 1.82) is 0 Å². The van der Waals surface area contributed by atoms with Crippen LogP contribution in [0.25, 0.3) is 0 Å². The summed E-state index contributed by atoms with van der Waals surface area (Å²) in [5.41, 5.74) is 0. The van der Waals surface area contributed by atoms with Crippen molar-refractivity contribution >= 4 is 11.8 Å². The fourth-order valence-electron chi connectivity index (χ4n) is 2.31. The number of hydrogen-bond acceptors (Lipinski definition) is 3. The van der Waals surface area contributed by atoms with E-state index in [1.54, 1.807) is 11.9 Å². The Morgan fingerprint density at radius 1 is 1.35 bits per heavy atom. The summed E-state index contributed by atoms with van der Waals surface area (Å²) in [7, 11) is 1.74. The average Bonchev–Trinajstić information content (AvgIpc) is 2.75. The molecule has 94 valence electrons. The highest BCUT2D eigenvalue weighted by molar-refractivity contribution is 5.93. The van der Waals surface area contributed by atoms with Crippen LogP contribution in [0.1, 0.15) is 31.4 Å². The summed E-state index contributed by atoms with van der Waals surface area (Å²) in [6, 6.07) is 3.66. The van der Waals surface area contributed by atoms with Crippen LogP contribution in [-0.2, 0) is 4.79 Å². The Hall–Kier alpha value is -1.29. The van der Waals surface area contributed by atoms with E-state index in [4.69, 9.17) is 4.42 Å². The molecule has 0 saturated heterocycles. The summed E-state index contributed by atoms with van der Waals surface area (Å²) in [5, 5.41) is 9.42. The second-order valence-corrected chi connectivity index (χ2v) is 4.79. The van der Waals surface area contributed by atoms with Gasteiger partial charge in [-0.15, -0.1) is 0 Å². The van der Waals surface area contributed by atoms with Gasteiger partial charge in [0.25, 0.3) is 0 Å². The minimum atomic E-state index is -0.227. The highest BCUT2D eigenvalue weighted by Crippen LogP contribution is 2.27. The van der Waals surface area contributed by atoms with Crippen molar-refractivity contribution in [2.45, 2.75) is 38.7 Å². The largest absolute Gasteiger partial charge is 0.445 e. The molecule has 1 aliphatic rings. The van der Waals surface area contributed by atoms with Crippen molar-refractivity contribution in [3.63, 3.8) is 0 Å². The topological polar surface area (TPSA) is 53.7 Å². The molecule has 0 unspecified atom stereocenters. The van der Waals surface area contributed by atoms with Crippen LogP contribution in [0.2, 0.25) is 0 Å². The summed E-state index contributed by atoms with van der Waals surface area (Å²) < 4.78 is 5.43. The summed E-state index contributed by atoms with van der Waals surface area (Å²) in [6.45, 7) is 1.86. The first-order valence-corrected chi connectivity index (χ1v) is 6.10. The Labute approximate surface area is 101 Å². The molecule has 0 spiro atoms. The lowest BCUT2D eigenvalue weighted by molar-refractivity contribution is -0.123. The number of aliphatic hydroxyl groups is 1. The van der Waals surface area contributed by atoms with Gasteiger partial charge in [-0.2, -0.15) is 0 Å². The Kier molecular flexibility index (Phi) is 3.52. The van der Waals surface area contributed by atoms with Crippen LogP contribution < -0.4 is 4.90 Å². The zero-order chi connectivity index (χ0) is 12.4. The van der Waals surface area contributed by atoms with Gasteiger partial charge in [0.05, 0.1) is 6.10 Å². The Morgan fingerprint density at radius 2 is 2.00 bits per heavy atom. The fourth-order valence-corrected chi connectivity index (χ4v) is 2.31. The van der Waals surface area contributed by atoms with E-state index in [0.29, 0.717) is 5.88 Å². The van der Waals surface area contributed by atoms with Crippen molar-refractivity contribution in [3.8, 4) is 0 Å². The highest BCUT2D eigenvalue weighted by Gasteiger charge is 2.28. The minimum absolute atomic E-state index is 0.0220. The number of nitrogens with zero attached hydrogens (tertiary/aromatic N) is 1. The maximum atomic E-state index is 12.2. The van der Waals surface area contributed by atoms with E-state index in [1.165, 1.54) is 0 Å². The molecule has 1 amide bonds. The van der Waals surface area contributed by atoms with Crippen molar-refractivity contribution < 1.29 is 14.3 Å². The molecule has 1 N–H and O–H groups in total. The van der Waals surface area contributed by atoms with Gasteiger partial charge >= 0.3 is 0 Å². The molecule has 0 radical (unpaired) electrons. The Bertz CT molecular complexity index is 391. The first-order valence-electron chi connectivity index (χ1n) is 6.10. The quantitative estimate of drug-likeness (QED) is 0.857. The van der Waals surface area contributed by atoms with Gasteiger partial charge in [0, 0.05) is 19.0 Å². The molecule has 1 aliphatic carbocycles. The molecular weight excluding hydrogens is 218 g/mol. The predicted molar refractivity (Wildman–Crippen MR) is 64.8 cm³/mol. The monoisotopic (exact) mass is 237 g/mol. The molecule has 4 nitrogen and oxygen atoms in total. The maximum absolute atomic E-state index is 12.2. The maximum Gasteiger partial charge on any atom is 0.232 e. The van der Waals surface area contributed by atoms with E-state index in [1.807, 2.05) is 19.1 Å². The van der Waals surface area contributed by atoms with E-state index in [0.717, 1.165) is 31.4 Å². The molecule has 0 aromatic carbocycles. The van der Waals surface area contributed by atoms with E-state index in [-0.39, 0.29) is 17.9 Å². The van der Waals surface area contributed by atoms with Crippen LogP contribution in [0.5, 0.6) is 0 Å². The second kappa shape index (κ2) is 4.92. The highest BCUT2D eigenvalue weighted by atomic mass is 16.4. The van der Waals surface area contributed by atoms with Crippen LogP contribution in [0, 0.1) is 12.8 Å². The summed E-state index contributed by atoms with van der Waals surface area (Å²) in [6.07, 6.45) is 2.76. The van der Waals surface area contributed by atoms with Gasteiger partial charge in [0.1, 0.15) is 5.76 Å². The van der Waals surface area contributed by atoms with E-state index >= 15 is 0 Å². The molecule has 0 atom stereocenters. The molecule has 2 rings (SSSR count). The zero-order valence-electron chi connectivity index (χ0n) is 10.3. The van der Waals surface area contributed by atoms with Crippen molar-refractivity contribution in [3.05, 3.63) is 17.9 Å². The van der Waals surface area contributed by atoms with Crippen LogP contribution in [-0.4, -0.2) is 24.2 Å². The van der Waals surface area contributed by atoms with Crippen LogP contribution in [0.15, 0.2) is 16.5 Å². The molecule has 4 heteroatoms. The van der Waals surface area contributed by atoms with Gasteiger partial charge in [0.15, 0.2) is 0 Å². The molecule has 1 saturated carbocycles. The Balaban J connectivity index is 2.00. The molecule has 0 aliphatic heterocycles. The number of rotatable bonds is 2.